The number of rotatable bonds is 7. The molecule has 8 heteroatoms. The van der Waals surface area contributed by atoms with Gasteiger partial charge in [-0.15, -0.1) is 5.10 Å². The lowest BCUT2D eigenvalue weighted by Gasteiger charge is -2.08. The summed E-state index contributed by atoms with van der Waals surface area (Å²) >= 11 is 0. The molecule has 1 heterocycles. The molecule has 0 aliphatic rings. The minimum Gasteiger partial charge on any atom is -0.486 e. The van der Waals surface area contributed by atoms with E-state index in [4.69, 9.17) is 4.74 Å². The van der Waals surface area contributed by atoms with Gasteiger partial charge in [-0.2, -0.15) is 0 Å². The van der Waals surface area contributed by atoms with Crippen LogP contribution in [0.4, 0.5) is 5.69 Å². The zero-order valence-corrected chi connectivity index (χ0v) is 15.0. The molecule has 3 rings (SSSR count). The van der Waals surface area contributed by atoms with Gasteiger partial charge in [0.25, 0.3) is 5.91 Å². The number of aromatic nitrogens is 4. The molecule has 1 aromatic heterocycles. The first-order valence-electron chi connectivity index (χ1n) is 8.47. The normalized spacial score (nSPS) is 10.4. The smallest absolute Gasteiger partial charge is 0.255 e. The molecule has 27 heavy (non-hydrogen) atoms. The molecule has 0 aliphatic carbocycles. The van der Waals surface area contributed by atoms with Gasteiger partial charge in [0.2, 0.25) is 0 Å². The maximum atomic E-state index is 12.4. The number of nitrogens with one attached hydrogen (secondary N) is 1. The van der Waals surface area contributed by atoms with Crippen molar-refractivity contribution in [2.45, 2.75) is 27.0 Å². The molecular formula is C19H19N5O3. The third-order valence-corrected chi connectivity index (χ3v) is 3.92. The van der Waals surface area contributed by atoms with E-state index < -0.39 is 0 Å². The second-order valence-corrected chi connectivity index (χ2v) is 5.82. The first-order valence-corrected chi connectivity index (χ1v) is 8.47. The molecule has 1 amide bonds. The molecule has 2 aromatic carbocycles. The summed E-state index contributed by atoms with van der Waals surface area (Å²) in [6.45, 7) is 4.33. The fourth-order valence-corrected chi connectivity index (χ4v) is 2.44. The average molecular weight is 365 g/mol. The van der Waals surface area contributed by atoms with Crippen LogP contribution in [0.5, 0.6) is 5.75 Å². The van der Waals surface area contributed by atoms with Crippen molar-refractivity contribution in [3.8, 4) is 5.75 Å². The van der Waals surface area contributed by atoms with Crippen LogP contribution in [0, 0.1) is 0 Å². The van der Waals surface area contributed by atoms with Gasteiger partial charge in [-0.25, -0.2) is 4.68 Å². The van der Waals surface area contributed by atoms with Crippen LogP contribution in [0.15, 0.2) is 48.5 Å². The van der Waals surface area contributed by atoms with Gasteiger partial charge in [0.1, 0.15) is 12.4 Å². The number of Topliss-reactive ketones (excluding diaryl/α,β-unsaturated/α-hetero) is 1. The fraction of sp³-hybridized carbons (Fsp3) is 0.211. The van der Waals surface area contributed by atoms with E-state index in [9.17, 15) is 9.59 Å². The Balaban J connectivity index is 1.62. The number of amides is 1. The quantitative estimate of drug-likeness (QED) is 0.646. The standard InChI is InChI=1S/C19H19N5O3/c1-3-24-18(21-22-23-24)12-27-17-9-7-14(8-10-17)19(26)20-16-6-4-5-15(11-16)13(2)25/h4-11H,3,12H2,1-2H3,(H,20,26). The lowest BCUT2D eigenvalue weighted by atomic mass is 10.1. The number of carbonyl (C=O) groups excluding carboxylic acids is 2. The van der Waals surface area contributed by atoms with Crippen molar-refractivity contribution < 1.29 is 14.3 Å². The van der Waals surface area contributed by atoms with Crippen molar-refractivity contribution in [2.75, 3.05) is 5.32 Å². The molecule has 8 nitrogen and oxygen atoms in total. The molecule has 0 saturated carbocycles. The molecule has 1 N–H and O–H groups in total. The summed E-state index contributed by atoms with van der Waals surface area (Å²) in [6.07, 6.45) is 0. The van der Waals surface area contributed by atoms with Crippen LogP contribution in [0.2, 0.25) is 0 Å². The number of ketones is 1. The lowest BCUT2D eigenvalue weighted by molar-refractivity contribution is 0.101. The number of aryl methyl sites for hydroxylation is 1. The minimum absolute atomic E-state index is 0.0540. The van der Waals surface area contributed by atoms with Crippen molar-refractivity contribution in [3.63, 3.8) is 0 Å². The Kier molecular flexibility index (Phi) is 5.55. The summed E-state index contributed by atoms with van der Waals surface area (Å²) in [5, 5.41) is 14.1. The molecule has 0 fully saturated rings. The highest BCUT2D eigenvalue weighted by Gasteiger charge is 2.09. The van der Waals surface area contributed by atoms with Crippen LogP contribution in [-0.2, 0) is 13.2 Å². The number of nitrogens with zero attached hydrogens (tertiary/aromatic N) is 4. The van der Waals surface area contributed by atoms with Crippen LogP contribution >= 0.6 is 0 Å². The minimum atomic E-state index is -0.267. The van der Waals surface area contributed by atoms with Gasteiger partial charge in [-0.1, -0.05) is 12.1 Å². The highest BCUT2D eigenvalue weighted by atomic mass is 16.5. The van der Waals surface area contributed by atoms with E-state index >= 15 is 0 Å². The van der Waals surface area contributed by atoms with Crippen molar-refractivity contribution in [1.29, 1.82) is 0 Å². The lowest BCUT2D eigenvalue weighted by Crippen LogP contribution is -2.12. The Bertz CT molecular complexity index is 950. The Morgan fingerprint density at radius 3 is 2.59 bits per heavy atom. The predicted octanol–water partition coefficient (Wildman–Crippen LogP) is 2.73. The molecule has 0 atom stereocenters. The summed E-state index contributed by atoms with van der Waals surface area (Å²) in [6, 6.07) is 13.6. The topological polar surface area (TPSA) is 99.0 Å². The van der Waals surface area contributed by atoms with Crippen LogP contribution in [-0.4, -0.2) is 31.9 Å². The summed E-state index contributed by atoms with van der Waals surface area (Å²) in [7, 11) is 0. The zero-order valence-electron chi connectivity index (χ0n) is 15.0. The largest absolute Gasteiger partial charge is 0.486 e. The van der Waals surface area contributed by atoms with Gasteiger partial charge in [0.15, 0.2) is 11.6 Å². The van der Waals surface area contributed by atoms with E-state index in [1.807, 2.05) is 6.92 Å². The first kappa shape index (κ1) is 18.2. The summed E-state index contributed by atoms with van der Waals surface area (Å²) in [4.78, 5) is 23.8. The van der Waals surface area contributed by atoms with E-state index in [2.05, 4.69) is 20.8 Å². The van der Waals surface area contributed by atoms with Crippen molar-refractivity contribution in [3.05, 3.63) is 65.5 Å². The van der Waals surface area contributed by atoms with Crippen LogP contribution < -0.4 is 10.1 Å². The molecular weight excluding hydrogens is 346 g/mol. The molecule has 138 valence electrons. The maximum absolute atomic E-state index is 12.4. The van der Waals surface area contributed by atoms with Crippen LogP contribution in [0.25, 0.3) is 0 Å². The Morgan fingerprint density at radius 1 is 1.11 bits per heavy atom. The molecule has 0 bridgehead atoms. The fourth-order valence-electron chi connectivity index (χ4n) is 2.44. The maximum Gasteiger partial charge on any atom is 0.255 e. The van der Waals surface area contributed by atoms with E-state index in [-0.39, 0.29) is 18.3 Å². The second kappa shape index (κ2) is 8.22. The molecule has 0 saturated heterocycles. The summed E-state index contributed by atoms with van der Waals surface area (Å²) in [5.41, 5.74) is 1.60. The molecule has 0 aliphatic heterocycles. The number of benzene rings is 2. The third-order valence-electron chi connectivity index (χ3n) is 3.92. The number of tetrazole rings is 1. The summed E-state index contributed by atoms with van der Waals surface area (Å²) in [5.74, 6) is 0.916. The van der Waals surface area contributed by atoms with Crippen LogP contribution in [0.3, 0.4) is 0 Å². The van der Waals surface area contributed by atoms with Gasteiger partial charge in [-0.05, 0) is 60.7 Å². The van der Waals surface area contributed by atoms with E-state index in [0.717, 1.165) is 0 Å². The predicted molar refractivity (Wildman–Crippen MR) is 98.7 cm³/mol. The number of anilines is 1. The van der Waals surface area contributed by atoms with Gasteiger partial charge in [-0.3, -0.25) is 9.59 Å². The number of hydrogen-bond donors (Lipinski definition) is 1. The van der Waals surface area contributed by atoms with E-state index in [1.165, 1.54) is 6.92 Å². The second-order valence-electron chi connectivity index (χ2n) is 5.82. The highest BCUT2D eigenvalue weighted by molar-refractivity contribution is 6.05. The Labute approximate surface area is 156 Å². The molecule has 0 unspecified atom stereocenters. The number of carbonyl (C=O) groups is 2. The third kappa shape index (κ3) is 4.55. The molecule has 3 aromatic rings. The van der Waals surface area contributed by atoms with Crippen LogP contribution in [0.1, 0.15) is 40.4 Å². The van der Waals surface area contributed by atoms with E-state index in [0.29, 0.717) is 34.9 Å². The van der Waals surface area contributed by atoms with Gasteiger partial charge in [0, 0.05) is 23.4 Å². The van der Waals surface area contributed by atoms with Gasteiger partial charge >= 0.3 is 0 Å². The van der Waals surface area contributed by atoms with Gasteiger partial charge in [0.05, 0.1) is 0 Å². The molecule has 0 spiro atoms. The monoisotopic (exact) mass is 365 g/mol. The average Bonchev–Trinajstić information content (AvgIpc) is 3.14. The number of ether oxygens (including phenoxy) is 1. The summed E-state index contributed by atoms with van der Waals surface area (Å²) < 4.78 is 7.31. The Hall–Kier alpha value is -3.55. The molecule has 0 radical (unpaired) electrons. The Morgan fingerprint density at radius 2 is 1.89 bits per heavy atom. The first-order chi connectivity index (χ1) is 13.1. The van der Waals surface area contributed by atoms with Gasteiger partial charge < -0.3 is 10.1 Å². The highest BCUT2D eigenvalue weighted by Crippen LogP contribution is 2.16. The number of hydrogen-bond acceptors (Lipinski definition) is 6. The zero-order chi connectivity index (χ0) is 19.2. The van der Waals surface area contributed by atoms with E-state index in [1.54, 1.807) is 53.2 Å². The SMILES string of the molecule is CCn1nnnc1COc1ccc(C(=O)Nc2cccc(C(C)=O)c2)cc1. The van der Waals surface area contributed by atoms with Crippen molar-refractivity contribution in [2.24, 2.45) is 0 Å². The van der Waals surface area contributed by atoms with Crippen molar-refractivity contribution >= 4 is 17.4 Å². The van der Waals surface area contributed by atoms with Crippen molar-refractivity contribution in [1.82, 2.24) is 20.2 Å².